The van der Waals surface area contributed by atoms with Crippen LogP contribution in [0.1, 0.15) is 26.7 Å². The predicted octanol–water partition coefficient (Wildman–Crippen LogP) is 1.54. The van der Waals surface area contributed by atoms with E-state index in [4.69, 9.17) is 0 Å². The number of aliphatic hydroxyl groups excluding tert-OH is 1. The van der Waals surface area contributed by atoms with Crippen LogP contribution in [-0.2, 0) is 4.79 Å². The lowest BCUT2D eigenvalue weighted by atomic mass is 9.86. The van der Waals surface area contributed by atoms with Crippen LogP contribution in [0.15, 0.2) is 12.2 Å². The summed E-state index contributed by atoms with van der Waals surface area (Å²) in [4.78, 5) is 10.9. The molecule has 0 aliphatic heterocycles. The van der Waals surface area contributed by atoms with E-state index in [2.05, 4.69) is 12.2 Å². The van der Waals surface area contributed by atoms with Crippen LogP contribution < -0.4 is 0 Å². The van der Waals surface area contributed by atoms with Crippen molar-refractivity contribution in [1.29, 1.82) is 0 Å². The highest BCUT2D eigenvalue weighted by atomic mass is 16.3. The Labute approximate surface area is 73.3 Å². The number of ketones is 1. The van der Waals surface area contributed by atoms with Gasteiger partial charge >= 0.3 is 0 Å². The quantitative estimate of drug-likeness (QED) is 0.649. The molecular weight excluding hydrogens is 152 g/mol. The monoisotopic (exact) mass is 168 g/mol. The topological polar surface area (TPSA) is 37.3 Å². The van der Waals surface area contributed by atoms with Crippen molar-refractivity contribution in [2.45, 2.75) is 32.8 Å². The molecule has 0 saturated carbocycles. The maximum Gasteiger partial charge on any atom is 0.158 e. The summed E-state index contributed by atoms with van der Waals surface area (Å²) >= 11 is 0. The minimum atomic E-state index is -0.769. The highest BCUT2D eigenvalue weighted by Crippen LogP contribution is 2.28. The first-order valence-electron chi connectivity index (χ1n) is 4.46. The number of carbonyl (C=O) groups is 1. The van der Waals surface area contributed by atoms with E-state index in [0.717, 1.165) is 12.8 Å². The first-order chi connectivity index (χ1) is 5.63. The van der Waals surface area contributed by atoms with Crippen LogP contribution in [-0.4, -0.2) is 17.0 Å². The minimum Gasteiger partial charge on any atom is -0.385 e. The molecule has 2 nitrogen and oxygen atoms in total. The van der Waals surface area contributed by atoms with Crippen molar-refractivity contribution in [3.8, 4) is 0 Å². The van der Waals surface area contributed by atoms with Gasteiger partial charge in [0.2, 0.25) is 0 Å². The zero-order valence-corrected chi connectivity index (χ0v) is 7.66. The van der Waals surface area contributed by atoms with E-state index in [0.29, 0.717) is 5.92 Å². The highest BCUT2D eigenvalue weighted by molar-refractivity contribution is 5.80. The summed E-state index contributed by atoms with van der Waals surface area (Å²) in [5.41, 5.74) is 0. The third-order valence-electron chi connectivity index (χ3n) is 2.70. The van der Waals surface area contributed by atoms with Crippen molar-refractivity contribution in [1.82, 2.24) is 0 Å². The van der Waals surface area contributed by atoms with Gasteiger partial charge in [-0.15, -0.1) is 0 Å². The molecule has 0 heterocycles. The Morgan fingerprint density at radius 2 is 2.00 bits per heavy atom. The SMILES string of the molecule is CC(=O)[C@H](O)[C@@H](C)C1CC=CC1. The Morgan fingerprint density at radius 1 is 1.50 bits per heavy atom. The Morgan fingerprint density at radius 3 is 2.42 bits per heavy atom. The second kappa shape index (κ2) is 3.85. The molecule has 0 unspecified atom stereocenters. The summed E-state index contributed by atoms with van der Waals surface area (Å²) in [5, 5.41) is 9.48. The lowest BCUT2D eigenvalue weighted by Crippen LogP contribution is -2.30. The largest absolute Gasteiger partial charge is 0.385 e. The van der Waals surface area contributed by atoms with Crippen LogP contribution in [0.5, 0.6) is 0 Å². The minimum absolute atomic E-state index is 0.0949. The van der Waals surface area contributed by atoms with Gasteiger partial charge < -0.3 is 5.11 Å². The molecule has 2 atom stereocenters. The van der Waals surface area contributed by atoms with E-state index in [9.17, 15) is 9.90 Å². The zero-order valence-electron chi connectivity index (χ0n) is 7.66. The van der Waals surface area contributed by atoms with Gasteiger partial charge in [-0.2, -0.15) is 0 Å². The number of allylic oxidation sites excluding steroid dienone is 2. The summed E-state index contributed by atoms with van der Waals surface area (Å²) in [5.74, 6) is 0.441. The third-order valence-corrected chi connectivity index (χ3v) is 2.70. The van der Waals surface area contributed by atoms with Crippen LogP contribution in [0.3, 0.4) is 0 Å². The second-order valence-corrected chi connectivity index (χ2v) is 3.62. The average Bonchev–Trinajstić information content (AvgIpc) is 2.53. The number of hydrogen-bond acceptors (Lipinski definition) is 2. The van der Waals surface area contributed by atoms with E-state index in [1.54, 1.807) is 0 Å². The maximum atomic E-state index is 10.9. The third kappa shape index (κ3) is 1.95. The first-order valence-corrected chi connectivity index (χ1v) is 4.46. The lowest BCUT2D eigenvalue weighted by Gasteiger charge is -2.22. The van der Waals surface area contributed by atoms with Crippen molar-refractivity contribution in [3.05, 3.63) is 12.2 Å². The summed E-state index contributed by atoms with van der Waals surface area (Å²) in [7, 11) is 0. The molecule has 68 valence electrons. The van der Waals surface area contributed by atoms with Gasteiger partial charge in [-0.1, -0.05) is 19.1 Å². The van der Waals surface area contributed by atoms with Crippen molar-refractivity contribution in [3.63, 3.8) is 0 Å². The normalized spacial score (nSPS) is 22.6. The molecular formula is C10H16O2. The molecule has 0 aromatic rings. The molecule has 0 amide bonds. The average molecular weight is 168 g/mol. The summed E-state index contributed by atoms with van der Waals surface area (Å²) in [6, 6.07) is 0. The number of hydrogen-bond donors (Lipinski definition) is 1. The van der Waals surface area contributed by atoms with Gasteiger partial charge in [0.05, 0.1) is 0 Å². The number of aliphatic hydroxyl groups is 1. The van der Waals surface area contributed by atoms with Crippen LogP contribution in [0, 0.1) is 11.8 Å². The summed E-state index contributed by atoms with van der Waals surface area (Å²) in [6.45, 7) is 3.40. The van der Waals surface area contributed by atoms with E-state index in [1.807, 2.05) is 6.92 Å². The predicted molar refractivity (Wildman–Crippen MR) is 47.7 cm³/mol. The maximum absolute atomic E-state index is 10.9. The summed E-state index contributed by atoms with van der Waals surface area (Å²) < 4.78 is 0. The Bertz CT molecular complexity index is 188. The van der Waals surface area contributed by atoms with Crippen LogP contribution >= 0.6 is 0 Å². The lowest BCUT2D eigenvalue weighted by molar-refractivity contribution is -0.128. The molecule has 0 fully saturated rings. The molecule has 0 bridgehead atoms. The van der Waals surface area contributed by atoms with Gasteiger partial charge in [0.15, 0.2) is 5.78 Å². The first kappa shape index (κ1) is 9.46. The highest BCUT2D eigenvalue weighted by Gasteiger charge is 2.27. The zero-order chi connectivity index (χ0) is 9.14. The molecule has 0 aromatic carbocycles. The molecule has 1 rings (SSSR count). The van der Waals surface area contributed by atoms with E-state index in [1.165, 1.54) is 6.92 Å². The molecule has 0 spiro atoms. The molecule has 1 aliphatic carbocycles. The fourth-order valence-corrected chi connectivity index (χ4v) is 1.70. The fraction of sp³-hybridized carbons (Fsp3) is 0.700. The number of Topliss-reactive ketones (excluding diaryl/α,β-unsaturated/α-hetero) is 1. The van der Waals surface area contributed by atoms with Gasteiger partial charge in [-0.05, 0) is 31.6 Å². The Kier molecular flexibility index (Phi) is 3.04. The Hall–Kier alpha value is -0.630. The number of rotatable bonds is 3. The molecule has 2 heteroatoms. The van der Waals surface area contributed by atoms with Crippen molar-refractivity contribution < 1.29 is 9.90 Å². The van der Waals surface area contributed by atoms with E-state index in [-0.39, 0.29) is 11.7 Å². The molecule has 1 N–H and O–H groups in total. The standard InChI is InChI=1S/C10H16O2/c1-7(10(12)8(2)11)9-5-3-4-6-9/h3-4,7,9-10,12H,5-6H2,1-2H3/t7-,10+/m0/s1. The van der Waals surface area contributed by atoms with Crippen LogP contribution in [0.2, 0.25) is 0 Å². The van der Waals surface area contributed by atoms with Crippen LogP contribution in [0.4, 0.5) is 0 Å². The van der Waals surface area contributed by atoms with Crippen molar-refractivity contribution >= 4 is 5.78 Å². The molecule has 1 aliphatic rings. The Balaban J connectivity index is 2.46. The van der Waals surface area contributed by atoms with Gasteiger partial charge in [0.1, 0.15) is 6.10 Å². The van der Waals surface area contributed by atoms with Gasteiger partial charge in [0.25, 0.3) is 0 Å². The summed E-state index contributed by atoms with van der Waals surface area (Å²) in [6.07, 6.45) is 5.48. The number of carbonyl (C=O) groups excluding carboxylic acids is 1. The molecule has 0 radical (unpaired) electrons. The smallest absolute Gasteiger partial charge is 0.158 e. The van der Waals surface area contributed by atoms with Crippen molar-refractivity contribution in [2.75, 3.05) is 0 Å². The second-order valence-electron chi connectivity index (χ2n) is 3.62. The van der Waals surface area contributed by atoms with Gasteiger partial charge in [-0.3, -0.25) is 4.79 Å². The van der Waals surface area contributed by atoms with E-state index >= 15 is 0 Å². The molecule has 12 heavy (non-hydrogen) atoms. The van der Waals surface area contributed by atoms with Crippen molar-refractivity contribution in [2.24, 2.45) is 11.8 Å². The van der Waals surface area contributed by atoms with Gasteiger partial charge in [-0.25, -0.2) is 0 Å². The molecule has 0 aromatic heterocycles. The van der Waals surface area contributed by atoms with E-state index < -0.39 is 6.10 Å². The molecule has 0 saturated heterocycles. The van der Waals surface area contributed by atoms with Crippen LogP contribution in [0.25, 0.3) is 0 Å². The van der Waals surface area contributed by atoms with Gasteiger partial charge in [0, 0.05) is 0 Å². The fourth-order valence-electron chi connectivity index (χ4n) is 1.70.